The lowest BCUT2D eigenvalue weighted by atomic mass is 10.0. The van der Waals surface area contributed by atoms with E-state index in [2.05, 4.69) is 0 Å². The number of carboxylic acids is 1. The number of aryl methyl sites for hydroxylation is 1. The number of nitrogens with zero attached hydrogens (tertiary/aromatic N) is 1. The highest BCUT2D eigenvalue weighted by atomic mass is 19.1. The molecule has 1 N–H and O–H groups in total. The largest absolute Gasteiger partial charge is 0.480 e. The monoisotopic (exact) mass is 269 g/mol. The van der Waals surface area contributed by atoms with Crippen molar-refractivity contribution >= 4 is 5.97 Å². The van der Waals surface area contributed by atoms with Crippen LogP contribution in [0, 0.1) is 12.7 Å². The molecule has 0 saturated carbocycles. The Balaban J connectivity index is 2.86. The van der Waals surface area contributed by atoms with Gasteiger partial charge in [0.05, 0.1) is 13.2 Å². The number of halogens is 1. The fourth-order valence-corrected chi connectivity index (χ4v) is 1.87. The number of hydrogen-bond donors (Lipinski definition) is 1. The summed E-state index contributed by atoms with van der Waals surface area (Å²) in [6.07, 6.45) is 0. The number of carboxylic acid groups (broad SMARTS) is 1. The minimum atomic E-state index is -0.907. The molecule has 0 saturated heterocycles. The van der Waals surface area contributed by atoms with E-state index in [0.29, 0.717) is 18.7 Å². The molecule has 106 valence electrons. The van der Waals surface area contributed by atoms with Crippen LogP contribution in [0.1, 0.15) is 24.1 Å². The third kappa shape index (κ3) is 4.61. The van der Waals surface area contributed by atoms with E-state index in [1.807, 2.05) is 13.0 Å². The van der Waals surface area contributed by atoms with Gasteiger partial charge in [-0.15, -0.1) is 0 Å². The van der Waals surface area contributed by atoms with Gasteiger partial charge in [0.15, 0.2) is 0 Å². The number of ether oxygens (including phenoxy) is 1. The first-order valence-electron chi connectivity index (χ1n) is 6.16. The summed E-state index contributed by atoms with van der Waals surface area (Å²) in [6.45, 7) is 4.39. The second-order valence-corrected chi connectivity index (χ2v) is 4.54. The van der Waals surface area contributed by atoms with Crippen LogP contribution >= 0.6 is 0 Å². The summed E-state index contributed by atoms with van der Waals surface area (Å²) >= 11 is 0. The van der Waals surface area contributed by atoms with Gasteiger partial charge in [-0.3, -0.25) is 9.69 Å². The predicted molar refractivity (Wildman–Crippen MR) is 70.6 cm³/mol. The van der Waals surface area contributed by atoms with Gasteiger partial charge in [-0.05, 0) is 31.0 Å². The van der Waals surface area contributed by atoms with Gasteiger partial charge in [0.25, 0.3) is 0 Å². The van der Waals surface area contributed by atoms with Crippen LogP contribution in [0.3, 0.4) is 0 Å². The maximum absolute atomic E-state index is 13.6. The van der Waals surface area contributed by atoms with Crippen molar-refractivity contribution in [3.05, 3.63) is 35.1 Å². The zero-order valence-corrected chi connectivity index (χ0v) is 11.5. The van der Waals surface area contributed by atoms with Crippen LogP contribution in [-0.4, -0.2) is 42.8 Å². The number of hydrogen-bond acceptors (Lipinski definition) is 3. The summed E-state index contributed by atoms with van der Waals surface area (Å²) in [5.74, 6) is -1.18. The first-order valence-corrected chi connectivity index (χ1v) is 6.16. The highest BCUT2D eigenvalue weighted by Gasteiger charge is 2.19. The molecule has 5 heteroatoms. The molecule has 0 bridgehead atoms. The molecule has 4 nitrogen and oxygen atoms in total. The van der Waals surface area contributed by atoms with E-state index in [4.69, 9.17) is 9.84 Å². The molecular formula is C14H20FNO3. The highest BCUT2D eigenvalue weighted by Crippen LogP contribution is 2.21. The van der Waals surface area contributed by atoms with Gasteiger partial charge in [0, 0.05) is 19.7 Å². The third-order valence-corrected chi connectivity index (χ3v) is 3.15. The van der Waals surface area contributed by atoms with Crippen LogP contribution in [0.25, 0.3) is 0 Å². The van der Waals surface area contributed by atoms with E-state index in [9.17, 15) is 9.18 Å². The summed E-state index contributed by atoms with van der Waals surface area (Å²) in [4.78, 5) is 12.6. The summed E-state index contributed by atoms with van der Waals surface area (Å²) in [6, 6.07) is 4.81. The lowest BCUT2D eigenvalue weighted by molar-refractivity contribution is -0.139. The van der Waals surface area contributed by atoms with Crippen molar-refractivity contribution in [1.29, 1.82) is 0 Å². The Hall–Kier alpha value is -1.46. The van der Waals surface area contributed by atoms with Crippen LogP contribution in [0.5, 0.6) is 0 Å². The van der Waals surface area contributed by atoms with Crippen molar-refractivity contribution in [1.82, 2.24) is 4.90 Å². The van der Waals surface area contributed by atoms with Crippen molar-refractivity contribution in [2.24, 2.45) is 0 Å². The number of methoxy groups -OCH3 is 1. The van der Waals surface area contributed by atoms with Gasteiger partial charge < -0.3 is 9.84 Å². The fraction of sp³-hybridized carbons (Fsp3) is 0.500. The van der Waals surface area contributed by atoms with E-state index in [0.717, 1.165) is 5.56 Å². The van der Waals surface area contributed by atoms with Gasteiger partial charge in [-0.1, -0.05) is 12.1 Å². The molecule has 1 aromatic carbocycles. The second-order valence-electron chi connectivity index (χ2n) is 4.54. The lowest BCUT2D eigenvalue weighted by Crippen LogP contribution is -2.35. The zero-order chi connectivity index (χ0) is 14.4. The van der Waals surface area contributed by atoms with Crippen molar-refractivity contribution in [2.75, 3.05) is 26.8 Å². The average Bonchev–Trinajstić information content (AvgIpc) is 2.36. The minimum absolute atomic E-state index is 0.0972. The van der Waals surface area contributed by atoms with Crippen molar-refractivity contribution in [3.8, 4) is 0 Å². The molecule has 0 radical (unpaired) electrons. The molecule has 1 aromatic rings. The molecule has 0 heterocycles. The van der Waals surface area contributed by atoms with Crippen LogP contribution in [0.4, 0.5) is 4.39 Å². The number of carbonyl (C=O) groups is 1. The van der Waals surface area contributed by atoms with E-state index >= 15 is 0 Å². The molecule has 0 fully saturated rings. The van der Waals surface area contributed by atoms with E-state index in [-0.39, 0.29) is 18.4 Å². The molecular weight excluding hydrogens is 249 g/mol. The molecule has 0 aliphatic heterocycles. The zero-order valence-electron chi connectivity index (χ0n) is 11.5. The summed E-state index contributed by atoms with van der Waals surface area (Å²) < 4.78 is 18.5. The maximum Gasteiger partial charge on any atom is 0.317 e. The molecule has 19 heavy (non-hydrogen) atoms. The number of rotatable bonds is 7. The fourth-order valence-electron chi connectivity index (χ4n) is 1.87. The molecule has 0 spiro atoms. The van der Waals surface area contributed by atoms with Crippen molar-refractivity contribution in [3.63, 3.8) is 0 Å². The first kappa shape index (κ1) is 15.6. The Kier molecular flexibility index (Phi) is 5.92. The second kappa shape index (κ2) is 7.21. The molecule has 0 aliphatic rings. The molecule has 1 atom stereocenters. The first-order chi connectivity index (χ1) is 8.95. The van der Waals surface area contributed by atoms with Crippen LogP contribution in [-0.2, 0) is 9.53 Å². The topological polar surface area (TPSA) is 49.8 Å². The van der Waals surface area contributed by atoms with Crippen molar-refractivity contribution < 1.29 is 19.0 Å². The van der Waals surface area contributed by atoms with E-state index in [1.54, 1.807) is 25.0 Å². The summed E-state index contributed by atoms with van der Waals surface area (Å²) in [7, 11) is 1.56. The summed E-state index contributed by atoms with van der Waals surface area (Å²) in [5, 5.41) is 8.92. The Labute approximate surface area is 112 Å². The predicted octanol–water partition coefficient (Wildman–Crippen LogP) is 2.23. The Morgan fingerprint density at radius 1 is 1.53 bits per heavy atom. The highest BCUT2D eigenvalue weighted by molar-refractivity contribution is 5.69. The van der Waals surface area contributed by atoms with Gasteiger partial charge in [-0.25, -0.2) is 4.39 Å². The molecule has 0 aliphatic carbocycles. The molecule has 0 amide bonds. The number of aliphatic carboxylic acids is 1. The smallest absolute Gasteiger partial charge is 0.317 e. The SMILES string of the molecule is COCCN(CC(=O)O)C(C)c1ccc(C)c(F)c1. The maximum atomic E-state index is 13.6. The average molecular weight is 269 g/mol. The quantitative estimate of drug-likeness (QED) is 0.824. The summed E-state index contributed by atoms with van der Waals surface area (Å²) in [5.41, 5.74) is 1.35. The Morgan fingerprint density at radius 2 is 2.21 bits per heavy atom. The minimum Gasteiger partial charge on any atom is -0.480 e. The van der Waals surface area contributed by atoms with Crippen LogP contribution in [0.2, 0.25) is 0 Å². The Morgan fingerprint density at radius 3 is 2.74 bits per heavy atom. The van der Waals surface area contributed by atoms with Crippen LogP contribution < -0.4 is 0 Å². The van der Waals surface area contributed by atoms with Gasteiger partial charge in [0.2, 0.25) is 0 Å². The van der Waals surface area contributed by atoms with Gasteiger partial charge in [0.1, 0.15) is 5.82 Å². The van der Waals surface area contributed by atoms with E-state index < -0.39 is 5.97 Å². The van der Waals surface area contributed by atoms with Crippen LogP contribution in [0.15, 0.2) is 18.2 Å². The van der Waals surface area contributed by atoms with Crippen molar-refractivity contribution in [2.45, 2.75) is 19.9 Å². The normalized spacial score (nSPS) is 12.7. The standard InChI is InChI=1S/C14H20FNO3/c1-10-4-5-12(8-13(10)15)11(2)16(6-7-19-3)9-14(17)18/h4-5,8,11H,6-7,9H2,1-3H3,(H,17,18). The molecule has 1 unspecified atom stereocenters. The molecule has 1 rings (SSSR count). The van der Waals surface area contributed by atoms with Gasteiger partial charge >= 0.3 is 5.97 Å². The number of benzene rings is 1. The third-order valence-electron chi connectivity index (χ3n) is 3.15. The lowest BCUT2D eigenvalue weighted by Gasteiger charge is -2.27. The van der Waals surface area contributed by atoms with Gasteiger partial charge in [-0.2, -0.15) is 0 Å². The Bertz CT molecular complexity index is 437. The van der Waals surface area contributed by atoms with E-state index in [1.165, 1.54) is 6.07 Å². The molecule has 0 aromatic heterocycles.